The summed E-state index contributed by atoms with van der Waals surface area (Å²) in [5, 5.41) is 17.4. The third kappa shape index (κ3) is 4.37. The molecule has 0 aliphatic carbocycles. The van der Waals surface area contributed by atoms with Crippen LogP contribution < -0.4 is 10.6 Å². The highest BCUT2D eigenvalue weighted by atomic mass is 32.2. The average molecular weight is 357 g/mol. The van der Waals surface area contributed by atoms with Crippen LogP contribution in [0.25, 0.3) is 0 Å². The quantitative estimate of drug-likeness (QED) is 0.613. The number of nitro groups is 1. The van der Waals surface area contributed by atoms with Crippen LogP contribution in [0.2, 0.25) is 0 Å². The maximum Gasteiger partial charge on any atom is 0.284 e. The molecule has 25 heavy (non-hydrogen) atoms. The van der Waals surface area contributed by atoms with Crippen LogP contribution in [0.5, 0.6) is 0 Å². The standard InChI is InChI=1S/C18H19N3O3S/c1-12-2-5-15(6-3-12)25-17-7-4-14(8-16(17)21(23)24)18(22)20-11-13-9-19-10-13/h2-8,13,19H,9-11H2,1H3,(H,20,22). The van der Waals surface area contributed by atoms with Crippen LogP contribution in [0.15, 0.2) is 52.3 Å². The lowest BCUT2D eigenvalue weighted by Gasteiger charge is -2.27. The predicted molar refractivity (Wildman–Crippen MR) is 97.1 cm³/mol. The van der Waals surface area contributed by atoms with Gasteiger partial charge < -0.3 is 10.6 Å². The van der Waals surface area contributed by atoms with Gasteiger partial charge >= 0.3 is 0 Å². The summed E-state index contributed by atoms with van der Waals surface area (Å²) in [6, 6.07) is 12.4. The Morgan fingerprint density at radius 3 is 2.60 bits per heavy atom. The van der Waals surface area contributed by atoms with E-state index in [9.17, 15) is 14.9 Å². The van der Waals surface area contributed by atoms with E-state index in [1.807, 2.05) is 31.2 Å². The number of amides is 1. The van der Waals surface area contributed by atoms with Crippen LogP contribution >= 0.6 is 11.8 Å². The van der Waals surface area contributed by atoms with Gasteiger partial charge in [0.1, 0.15) is 0 Å². The highest BCUT2D eigenvalue weighted by Gasteiger charge is 2.21. The van der Waals surface area contributed by atoms with E-state index in [2.05, 4.69) is 10.6 Å². The van der Waals surface area contributed by atoms with Crippen LogP contribution in [0, 0.1) is 23.0 Å². The highest BCUT2D eigenvalue weighted by Crippen LogP contribution is 2.35. The Bertz CT molecular complexity index is 789. The van der Waals surface area contributed by atoms with Crippen LogP contribution in [0.3, 0.4) is 0 Å². The van der Waals surface area contributed by atoms with Crippen LogP contribution in [-0.2, 0) is 0 Å². The molecule has 6 nitrogen and oxygen atoms in total. The molecule has 2 N–H and O–H groups in total. The molecule has 0 unspecified atom stereocenters. The minimum atomic E-state index is -0.441. The molecular weight excluding hydrogens is 338 g/mol. The molecule has 1 amide bonds. The summed E-state index contributed by atoms with van der Waals surface area (Å²) in [6.07, 6.45) is 0. The van der Waals surface area contributed by atoms with Gasteiger partial charge in [0.05, 0.1) is 9.82 Å². The zero-order valence-electron chi connectivity index (χ0n) is 13.8. The topological polar surface area (TPSA) is 84.3 Å². The third-order valence-electron chi connectivity index (χ3n) is 4.08. The summed E-state index contributed by atoms with van der Waals surface area (Å²) in [4.78, 5) is 24.6. The van der Waals surface area contributed by atoms with Gasteiger partial charge in [-0.1, -0.05) is 29.5 Å². The number of nitrogens with zero attached hydrogens (tertiary/aromatic N) is 1. The number of hydrogen-bond acceptors (Lipinski definition) is 5. The molecule has 130 valence electrons. The Balaban J connectivity index is 1.76. The van der Waals surface area contributed by atoms with E-state index in [1.165, 1.54) is 17.8 Å². The van der Waals surface area contributed by atoms with Gasteiger partial charge in [0.15, 0.2) is 0 Å². The van der Waals surface area contributed by atoms with E-state index in [1.54, 1.807) is 12.1 Å². The van der Waals surface area contributed by atoms with Gasteiger partial charge in [-0.2, -0.15) is 0 Å². The molecule has 0 atom stereocenters. The number of benzene rings is 2. The molecule has 7 heteroatoms. The van der Waals surface area contributed by atoms with Crippen molar-refractivity contribution < 1.29 is 9.72 Å². The van der Waals surface area contributed by atoms with Crippen LogP contribution in [0.4, 0.5) is 5.69 Å². The first-order valence-electron chi connectivity index (χ1n) is 8.05. The third-order valence-corrected chi connectivity index (χ3v) is 5.16. The Hall–Kier alpha value is -2.38. The van der Waals surface area contributed by atoms with E-state index in [0.717, 1.165) is 23.5 Å². The fourth-order valence-electron chi connectivity index (χ4n) is 2.45. The molecule has 1 fully saturated rings. The normalized spacial score (nSPS) is 14.0. The lowest BCUT2D eigenvalue weighted by Crippen LogP contribution is -2.48. The molecule has 2 aromatic rings. The van der Waals surface area contributed by atoms with Gasteiger partial charge in [-0.25, -0.2) is 0 Å². The SMILES string of the molecule is Cc1ccc(Sc2ccc(C(=O)NCC3CNC3)cc2[N+](=O)[O-])cc1. The first-order valence-corrected chi connectivity index (χ1v) is 8.86. The van der Waals surface area contributed by atoms with Crippen molar-refractivity contribution in [2.75, 3.05) is 19.6 Å². The first kappa shape index (κ1) is 17.4. The van der Waals surface area contributed by atoms with Crippen molar-refractivity contribution in [2.24, 2.45) is 5.92 Å². The Morgan fingerprint density at radius 2 is 2.00 bits per heavy atom. The number of carbonyl (C=O) groups is 1. The second-order valence-corrected chi connectivity index (χ2v) is 7.20. The summed E-state index contributed by atoms with van der Waals surface area (Å²) in [7, 11) is 0. The smallest absolute Gasteiger partial charge is 0.284 e. The average Bonchev–Trinajstić information content (AvgIpc) is 2.55. The Kier molecular flexibility index (Phi) is 5.35. The first-order chi connectivity index (χ1) is 12.0. The molecule has 0 radical (unpaired) electrons. The fraction of sp³-hybridized carbons (Fsp3) is 0.278. The zero-order chi connectivity index (χ0) is 17.8. The molecule has 0 bridgehead atoms. The van der Waals surface area contributed by atoms with E-state index < -0.39 is 4.92 Å². The van der Waals surface area contributed by atoms with Crippen molar-refractivity contribution in [1.82, 2.24) is 10.6 Å². The zero-order valence-corrected chi connectivity index (χ0v) is 14.6. The van der Waals surface area contributed by atoms with E-state index in [-0.39, 0.29) is 11.6 Å². The Labute approximate surface area is 150 Å². The van der Waals surface area contributed by atoms with Crippen LogP contribution in [-0.4, -0.2) is 30.5 Å². The fourth-order valence-corrected chi connectivity index (χ4v) is 3.35. The van der Waals surface area contributed by atoms with Gasteiger partial charge in [0.2, 0.25) is 0 Å². The maximum absolute atomic E-state index is 12.2. The molecule has 0 aromatic heterocycles. The summed E-state index contributed by atoms with van der Waals surface area (Å²) in [6.45, 7) is 4.36. The van der Waals surface area contributed by atoms with Gasteiger partial charge in [0.25, 0.3) is 11.6 Å². The number of rotatable bonds is 6. The van der Waals surface area contributed by atoms with Crippen LogP contribution in [0.1, 0.15) is 15.9 Å². The summed E-state index contributed by atoms with van der Waals surface area (Å²) in [5.41, 5.74) is 1.39. The van der Waals surface area contributed by atoms with Crippen molar-refractivity contribution in [1.29, 1.82) is 0 Å². The van der Waals surface area contributed by atoms with Gasteiger partial charge in [-0.15, -0.1) is 0 Å². The van der Waals surface area contributed by atoms with Crippen molar-refractivity contribution in [3.05, 3.63) is 63.7 Å². The number of nitro benzene ring substituents is 1. The van der Waals surface area contributed by atoms with Gasteiger partial charge in [-0.3, -0.25) is 14.9 Å². The molecule has 0 saturated carbocycles. The van der Waals surface area contributed by atoms with E-state index in [4.69, 9.17) is 0 Å². The monoisotopic (exact) mass is 357 g/mol. The molecule has 1 heterocycles. The second-order valence-electron chi connectivity index (χ2n) is 6.09. The summed E-state index contributed by atoms with van der Waals surface area (Å²) in [5.74, 6) is 0.164. The minimum Gasteiger partial charge on any atom is -0.352 e. The van der Waals surface area contributed by atoms with Crippen molar-refractivity contribution in [3.8, 4) is 0 Å². The summed E-state index contributed by atoms with van der Waals surface area (Å²) < 4.78 is 0. The molecule has 3 rings (SSSR count). The maximum atomic E-state index is 12.2. The van der Waals surface area contributed by atoms with Crippen molar-refractivity contribution in [3.63, 3.8) is 0 Å². The summed E-state index contributed by atoms with van der Waals surface area (Å²) >= 11 is 1.32. The minimum absolute atomic E-state index is 0.0523. The van der Waals surface area contributed by atoms with E-state index >= 15 is 0 Å². The Morgan fingerprint density at radius 1 is 1.28 bits per heavy atom. The molecule has 1 saturated heterocycles. The lowest BCUT2D eigenvalue weighted by atomic mass is 10.0. The molecule has 1 aliphatic rings. The highest BCUT2D eigenvalue weighted by molar-refractivity contribution is 7.99. The van der Waals surface area contributed by atoms with Gasteiger partial charge in [-0.05, 0) is 31.2 Å². The lowest BCUT2D eigenvalue weighted by molar-refractivity contribution is -0.387. The number of carbonyl (C=O) groups excluding carboxylic acids is 1. The largest absolute Gasteiger partial charge is 0.352 e. The van der Waals surface area contributed by atoms with Crippen molar-refractivity contribution >= 4 is 23.4 Å². The number of aryl methyl sites for hydroxylation is 1. The number of nitrogens with one attached hydrogen (secondary N) is 2. The second kappa shape index (κ2) is 7.67. The van der Waals surface area contributed by atoms with Gasteiger partial charge in [0, 0.05) is 42.1 Å². The molecule has 1 aliphatic heterocycles. The van der Waals surface area contributed by atoms with E-state index in [0.29, 0.717) is 22.9 Å². The predicted octanol–water partition coefficient (Wildman–Crippen LogP) is 3.00. The van der Waals surface area contributed by atoms with Crippen molar-refractivity contribution in [2.45, 2.75) is 16.7 Å². The molecular formula is C18H19N3O3S. The number of hydrogen-bond donors (Lipinski definition) is 2. The molecule has 2 aromatic carbocycles. The molecule has 0 spiro atoms.